The van der Waals surface area contributed by atoms with Crippen molar-refractivity contribution in [3.63, 3.8) is 0 Å². The normalized spacial score (nSPS) is 10.4. The molecule has 0 radical (unpaired) electrons. The predicted molar refractivity (Wildman–Crippen MR) is 115 cm³/mol. The van der Waals surface area contributed by atoms with Crippen molar-refractivity contribution in [1.29, 1.82) is 0 Å². The Balaban J connectivity index is 1.52. The number of nitrogens with one attached hydrogen (secondary N) is 2. The molecule has 0 saturated carbocycles. The van der Waals surface area contributed by atoms with E-state index in [0.29, 0.717) is 42.6 Å². The molecule has 1 aromatic carbocycles. The lowest BCUT2D eigenvalue weighted by Crippen LogP contribution is -2.33. The molecule has 2 N–H and O–H groups in total. The van der Waals surface area contributed by atoms with Gasteiger partial charge >= 0.3 is 0 Å². The number of benzene rings is 1. The molecular weight excluding hydrogens is 398 g/mol. The van der Waals surface area contributed by atoms with Crippen LogP contribution in [-0.4, -0.2) is 46.3 Å². The molecule has 0 fully saturated rings. The van der Waals surface area contributed by atoms with Gasteiger partial charge in [0.2, 0.25) is 5.91 Å². The average Bonchev–Trinajstić information content (AvgIpc) is 3.20. The van der Waals surface area contributed by atoms with Crippen LogP contribution in [0.25, 0.3) is 0 Å². The zero-order valence-corrected chi connectivity index (χ0v) is 17.5. The molecular formula is C22H25N5O4. The number of carbonyl (C=O) groups excluding carboxylic acids is 2. The molecule has 2 amide bonds. The molecule has 0 bridgehead atoms. The molecule has 3 rings (SSSR count). The molecule has 2 aromatic heterocycles. The van der Waals surface area contributed by atoms with E-state index in [1.54, 1.807) is 47.5 Å². The number of aromatic nitrogens is 3. The second-order valence-corrected chi connectivity index (χ2v) is 6.52. The lowest BCUT2D eigenvalue weighted by molar-refractivity contribution is -0.115. The first-order valence-electron chi connectivity index (χ1n) is 9.99. The maximum atomic E-state index is 12.4. The standard InChI is InChI=1S/C22H25N5O4/c1-3-30-18-8-7-17(12-19(18)31-4-2)22(29)24-14-21(28)25-20-9-11-27(26-20)15-16-6-5-10-23-13-16/h5-13H,3-4,14-15H2,1-2H3,(H,24,29)(H,25,26,28). The summed E-state index contributed by atoms with van der Waals surface area (Å²) in [7, 11) is 0. The fourth-order valence-electron chi connectivity index (χ4n) is 2.84. The molecule has 0 unspecified atom stereocenters. The summed E-state index contributed by atoms with van der Waals surface area (Å²) < 4.78 is 12.7. The van der Waals surface area contributed by atoms with Crippen LogP contribution >= 0.6 is 0 Å². The Labute approximate surface area is 180 Å². The Morgan fingerprint density at radius 2 is 1.87 bits per heavy atom. The van der Waals surface area contributed by atoms with Crippen molar-refractivity contribution in [1.82, 2.24) is 20.1 Å². The second kappa shape index (κ2) is 10.8. The summed E-state index contributed by atoms with van der Waals surface area (Å²) in [5.41, 5.74) is 1.37. The molecule has 0 spiro atoms. The highest BCUT2D eigenvalue weighted by Crippen LogP contribution is 2.28. The first kappa shape index (κ1) is 21.8. The van der Waals surface area contributed by atoms with Crippen molar-refractivity contribution in [3.05, 3.63) is 66.1 Å². The fraction of sp³-hybridized carbons (Fsp3) is 0.273. The Kier molecular flexibility index (Phi) is 7.58. The minimum atomic E-state index is -0.388. The van der Waals surface area contributed by atoms with Crippen LogP contribution in [0, 0.1) is 0 Å². The maximum absolute atomic E-state index is 12.4. The van der Waals surface area contributed by atoms with Crippen molar-refractivity contribution in [3.8, 4) is 11.5 Å². The highest BCUT2D eigenvalue weighted by Gasteiger charge is 2.13. The zero-order chi connectivity index (χ0) is 22.1. The molecule has 2 heterocycles. The molecule has 0 aliphatic carbocycles. The van der Waals surface area contributed by atoms with Gasteiger partial charge in [0.1, 0.15) is 0 Å². The van der Waals surface area contributed by atoms with Crippen molar-refractivity contribution < 1.29 is 19.1 Å². The van der Waals surface area contributed by atoms with E-state index < -0.39 is 0 Å². The van der Waals surface area contributed by atoms with Crippen molar-refractivity contribution >= 4 is 17.6 Å². The van der Waals surface area contributed by atoms with E-state index in [2.05, 4.69) is 20.7 Å². The number of amides is 2. The zero-order valence-electron chi connectivity index (χ0n) is 17.5. The van der Waals surface area contributed by atoms with Gasteiger partial charge in [-0.2, -0.15) is 5.10 Å². The van der Waals surface area contributed by atoms with Crippen LogP contribution in [0.4, 0.5) is 5.82 Å². The number of anilines is 1. The third kappa shape index (κ3) is 6.30. The Hall–Kier alpha value is -3.88. The number of pyridine rings is 1. The number of ether oxygens (including phenoxy) is 2. The van der Waals surface area contributed by atoms with Crippen molar-refractivity contribution in [2.24, 2.45) is 0 Å². The van der Waals surface area contributed by atoms with E-state index in [0.717, 1.165) is 5.56 Å². The van der Waals surface area contributed by atoms with Gasteiger partial charge in [-0.25, -0.2) is 0 Å². The van der Waals surface area contributed by atoms with E-state index in [1.165, 1.54) is 0 Å². The Morgan fingerprint density at radius 1 is 1.06 bits per heavy atom. The van der Waals surface area contributed by atoms with Crippen LogP contribution in [0.3, 0.4) is 0 Å². The lowest BCUT2D eigenvalue weighted by Gasteiger charge is -2.12. The smallest absolute Gasteiger partial charge is 0.251 e. The van der Waals surface area contributed by atoms with E-state index in [4.69, 9.17) is 9.47 Å². The van der Waals surface area contributed by atoms with Crippen LogP contribution < -0.4 is 20.1 Å². The lowest BCUT2D eigenvalue weighted by atomic mass is 10.2. The second-order valence-electron chi connectivity index (χ2n) is 6.52. The van der Waals surface area contributed by atoms with Gasteiger partial charge in [0, 0.05) is 30.2 Å². The van der Waals surface area contributed by atoms with Crippen LogP contribution in [0.5, 0.6) is 11.5 Å². The van der Waals surface area contributed by atoms with Crippen LogP contribution in [-0.2, 0) is 11.3 Å². The molecule has 0 aliphatic heterocycles. The predicted octanol–water partition coefficient (Wildman–Crippen LogP) is 2.49. The van der Waals surface area contributed by atoms with E-state index in [1.807, 2.05) is 26.0 Å². The average molecular weight is 423 g/mol. The van der Waals surface area contributed by atoms with Gasteiger partial charge in [0.05, 0.1) is 26.3 Å². The largest absolute Gasteiger partial charge is 0.490 e. The monoisotopic (exact) mass is 423 g/mol. The minimum Gasteiger partial charge on any atom is -0.490 e. The van der Waals surface area contributed by atoms with Gasteiger partial charge in [-0.1, -0.05) is 6.07 Å². The topological polar surface area (TPSA) is 107 Å². The highest BCUT2D eigenvalue weighted by molar-refractivity contribution is 5.99. The molecule has 31 heavy (non-hydrogen) atoms. The van der Waals surface area contributed by atoms with Gasteiger partial charge in [-0.15, -0.1) is 0 Å². The maximum Gasteiger partial charge on any atom is 0.251 e. The summed E-state index contributed by atoms with van der Waals surface area (Å²) in [4.78, 5) is 28.7. The van der Waals surface area contributed by atoms with Gasteiger partial charge in [0.15, 0.2) is 17.3 Å². The number of nitrogens with zero attached hydrogens (tertiary/aromatic N) is 3. The molecule has 9 heteroatoms. The van der Waals surface area contributed by atoms with Gasteiger partial charge in [-0.3, -0.25) is 19.3 Å². The third-order valence-electron chi connectivity index (χ3n) is 4.19. The molecule has 0 aliphatic rings. The van der Waals surface area contributed by atoms with Crippen molar-refractivity contribution in [2.45, 2.75) is 20.4 Å². The Bertz CT molecular complexity index is 1020. The van der Waals surface area contributed by atoms with E-state index >= 15 is 0 Å². The van der Waals surface area contributed by atoms with E-state index in [-0.39, 0.29) is 18.4 Å². The number of carbonyl (C=O) groups is 2. The molecule has 0 atom stereocenters. The SMILES string of the molecule is CCOc1ccc(C(=O)NCC(=O)Nc2ccn(Cc3cccnc3)n2)cc1OCC. The molecule has 162 valence electrons. The Morgan fingerprint density at radius 3 is 2.61 bits per heavy atom. The van der Waals surface area contributed by atoms with Crippen LogP contribution in [0.2, 0.25) is 0 Å². The van der Waals surface area contributed by atoms with Crippen LogP contribution in [0.15, 0.2) is 55.0 Å². The van der Waals surface area contributed by atoms with Crippen LogP contribution in [0.1, 0.15) is 29.8 Å². The molecule has 3 aromatic rings. The van der Waals surface area contributed by atoms with E-state index in [9.17, 15) is 9.59 Å². The van der Waals surface area contributed by atoms with Gasteiger partial charge in [-0.05, 0) is 43.7 Å². The summed E-state index contributed by atoms with van der Waals surface area (Å²) in [6.07, 6.45) is 5.22. The minimum absolute atomic E-state index is 0.189. The number of rotatable bonds is 10. The molecule has 0 saturated heterocycles. The summed E-state index contributed by atoms with van der Waals surface area (Å²) in [6.45, 7) is 5.01. The summed E-state index contributed by atoms with van der Waals surface area (Å²) in [6, 6.07) is 10.4. The first-order valence-corrected chi connectivity index (χ1v) is 9.99. The number of hydrogen-bond acceptors (Lipinski definition) is 6. The van der Waals surface area contributed by atoms with Crippen molar-refractivity contribution in [2.75, 3.05) is 25.1 Å². The summed E-state index contributed by atoms with van der Waals surface area (Å²) >= 11 is 0. The summed E-state index contributed by atoms with van der Waals surface area (Å²) in [5, 5.41) is 9.57. The third-order valence-corrected chi connectivity index (χ3v) is 4.19. The first-order chi connectivity index (χ1) is 15.1. The number of hydrogen-bond donors (Lipinski definition) is 2. The van der Waals surface area contributed by atoms with Gasteiger partial charge in [0.25, 0.3) is 5.91 Å². The molecule has 9 nitrogen and oxygen atoms in total. The van der Waals surface area contributed by atoms with Gasteiger partial charge < -0.3 is 20.1 Å². The quantitative estimate of drug-likeness (QED) is 0.519. The highest BCUT2D eigenvalue weighted by atomic mass is 16.5. The fourth-order valence-corrected chi connectivity index (χ4v) is 2.84. The summed E-state index contributed by atoms with van der Waals surface area (Å²) in [5.74, 6) is 0.696.